The predicted molar refractivity (Wildman–Crippen MR) is 98.8 cm³/mol. The van der Waals surface area contributed by atoms with Crippen molar-refractivity contribution < 1.29 is 9.90 Å². The molecule has 0 unspecified atom stereocenters. The summed E-state index contributed by atoms with van der Waals surface area (Å²) in [6.45, 7) is 12.5. The summed E-state index contributed by atoms with van der Waals surface area (Å²) < 4.78 is 0. The maximum atomic E-state index is 11.2. The standard InChI is InChI=1S/C22H38O2/c1-15-7-9-18-21(4,16(15)8-10-19(23)24)14-11-17-20(2,3)12-6-13-22(17,18)5/h15-18H,6-14H2,1-5H3,(H,23,24)/t15-,16-,17+,18+,21+,22+/m1/s1. The van der Waals surface area contributed by atoms with Gasteiger partial charge in [-0.2, -0.15) is 0 Å². The van der Waals surface area contributed by atoms with Crippen molar-refractivity contribution >= 4 is 5.97 Å². The molecule has 1 N–H and O–H groups in total. The lowest BCUT2D eigenvalue weighted by Gasteiger charge is -2.66. The van der Waals surface area contributed by atoms with Gasteiger partial charge >= 0.3 is 5.97 Å². The molecule has 0 aromatic rings. The van der Waals surface area contributed by atoms with Crippen molar-refractivity contribution in [2.75, 3.05) is 0 Å². The normalized spacial score (nSPS) is 47.5. The van der Waals surface area contributed by atoms with Gasteiger partial charge in [-0.15, -0.1) is 0 Å². The number of hydrogen-bond acceptors (Lipinski definition) is 1. The van der Waals surface area contributed by atoms with Crippen LogP contribution in [-0.2, 0) is 4.79 Å². The molecule has 2 heteroatoms. The lowest BCUT2D eigenvalue weighted by Crippen LogP contribution is -2.59. The second-order valence-corrected chi connectivity index (χ2v) is 10.6. The van der Waals surface area contributed by atoms with Crippen LogP contribution in [0.3, 0.4) is 0 Å². The van der Waals surface area contributed by atoms with Crippen molar-refractivity contribution in [2.45, 2.75) is 92.4 Å². The van der Waals surface area contributed by atoms with E-state index in [0.717, 1.165) is 18.3 Å². The highest BCUT2D eigenvalue weighted by molar-refractivity contribution is 5.66. The Bertz CT molecular complexity index is 496. The van der Waals surface area contributed by atoms with Gasteiger partial charge in [0.15, 0.2) is 0 Å². The average Bonchev–Trinajstić information content (AvgIpc) is 2.44. The minimum Gasteiger partial charge on any atom is -0.481 e. The van der Waals surface area contributed by atoms with E-state index in [-0.39, 0.29) is 0 Å². The average molecular weight is 335 g/mol. The molecule has 3 aliphatic carbocycles. The Hall–Kier alpha value is -0.530. The molecule has 0 radical (unpaired) electrons. The van der Waals surface area contributed by atoms with E-state index in [9.17, 15) is 9.90 Å². The fraction of sp³-hybridized carbons (Fsp3) is 0.955. The molecule has 24 heavy (non-hydrogen) atoms. The molecule has 3 saturated carbocycles. The Morgan fingerprint density at radius 1 is 0.958 bits per heavy atom. The van der Waals surface area contributed by atoms with Crippen molar-refractivity contribution in [1.29, 1.82) is 0 Å². The summed E-state index contributed by atoms with van der Waals surface area (Å²) in [5, 5.41) is 9.22. The molecule has 0 spiro atoms. The van der Waals surface area contributed by atoms with E-state index in [4.69, 9.17) is 0 Å². The number of rotatable bonds is 3. The minimum atomic E-state index is -0.619. The molecule has 2 nitrogen and oxygen atoms in total. The first-order chi connectivity index (χ1) is 11.1. The summed E-state index contributed by atoms with van der Waals surface area (Å²) in [5.41, 5.74) is 1.30. The van der Waals surface area contributed by atoms with Crippen LogP contribution in [0, 0.1) is 39.9 Å². The molecule has 0 aliphatic heterocycles. The zero-order valence-electron chi connectivity index (χ0n) is 16.5. The first-order valence-electron chi connectivity index (χ1n) is 10.3. The van der Waals surface area contributed by atoms with Gasteiger partial charge in [0.2, 0.25) is 0 Å². The smallest absolute Gasteiger partial charge is 0.303 e. The maximum Gasteiger partial charge on any atom is 0.303 e. The lowest BCUT2D eigenvalue weighted by molar-refractivity contribution is -0.175. The van der Waals surface area contributed by atoms with Crippen LogP contribution in [0.2, 0.25) is 0 Å². The van der Waals surface area contributed by atoms with Crippen LogP contribution in [0.4, 0.5) is 0 Å². The molecule has 0 aromatic heterocycles. The second-order valence-electron chi connectivity index (χ2n) is 10.6. The van der Waals surface area contributed by atoms with Crippen molar-refractivity contribution in [2.24, 2.45) is 39.9 Å². The lowest BCUT2D eigenvalue weighted by atomic mass is 9.38. The summed E-state index contributed by atoms with van der Waals surface area (Å²) >= 11 is 0. The Balaban J connectivity index is 1.91. The van der Waals surface area contributed by atoms with E-state index in [1.165, 1.54) is 44.9 Å². The third-order valence-corrected chi connectivity index (χ3v) is 8.95. The van der Waals surface area contributed by atoms with Crippen LogP contribution >= 0.6 is 0 Å². The van der Waals surface area contributed by atoms with Gasteiger partial charge in [0.1, 0.15) is 0 Å². The summed E-state index contributed by atoms with van der Waals surface area (Å²) in [5.74, 6) is 2.30. The summed E-state index contributed by atoms with van der Waals surface area (Å²) in [6.07, 6.45) is 10.7. The Labute approximate surface area is 148 Å². The van der Waals surface area contributed by atoms with Gasteiger partial charge in [0, 0.05) is 6.42 Å². The Morgan fingerprint density at radius 3 is 2.33 bits per heavy atom. The quantitative estimate of drug-likeness (QED) is 0.672. The van der Waals surface area contributed by atoms with E-state index in [0.29, 0.717) is 34.5 Å². The Morgan fingerprint density at radius 2 is 1.67 bits per heavy atom. The summed E-state index contributed by atoms with van der Waals surface area (Å²) in [7, 11) is 0. The molecule has 3 aliphatic rings. The van der Waals surface area contributed by atoms with Gasteiger partial charge in [-0.3, -0.25) is 4.79 Å². The van der Waals surface area contributed by atoms with E-state index in [1.807, 2.05) is 0 Å². The number of hydrogen-bond donors (Lipinski definition) is 1. The number of fused-ring (bicyclic) bond motifs is 3. The van der Waals surface area contributed by atoms with Crippen LogP contribution < -0.4 is 0 Å². The molecule has 3 rings (SSSR count). The highest BCUT2D eigenvalue weighted by Crippen LogP contribution is 2.69. The zero-order valence-corrected chi connectivity index (χ0v) is 16.5. The summed E-state index contributed by atoms with van der Waals surface area (Å²) in [6, 6.07) is 0. The van der Waals surface area contributed by atoms with Gasteiger partial charge in [0.05, 0.1) is 0 Å². The number of carboxylic acids is 1. The molecule has 3 fully saturated rings. The number of aliphatic carboxylic acids is 1. The molecule has 6 atom stereocenters. The maximum absolute atomic E-state index is 11.2. The molecule has 0 aromatic carbocycles. The van der Waals surface area contributed by atoms with Crippen LogP contribution in [-0.4, -0.2) is 11.1 Å². The fourth-order valence-electron chi connectivity index (χ4n) is 7.96. The highest BCUT2D eigenvalue weighted by atomic mass is 16.4. The van der Waals surface area contributed by atoms with Gasteiger partial charge < -0.3 is 5.11 Å². The molecule has 138 valence electrons. The third kappa shape index (κ3) is 2.72. The van der Waals surface area contributed by atoms with Crippen LogP contribution in [0.1, 0.15) is 92.4 Å². The van der Waals surface area contributed by atoms with Crippen molar-refractivity contribution in [3.63, 3.8) is 0 Å². The molecule has 0 amide bonds. The summed E-state index contributed by atoms with van der Waals surface area (Å²) in [4.78, 5) is 11.2. The minimum absolute atomic E-state index is 0.350. The molecule has 0 saturated heterocycles. The van der Waals surface area contributed by atoms with Gasteiger partial charge in [-0.1, -0.05) is 47.5 Å². The van der Waals surface area contributed by atoms with Gasteiger partial charge in [0.25, 0.3) is 0 Å². The predicted octanol–water partition coefficient (Wildman–Crippen LogP) is 6.15. The number of carbonyl (C=O) groups is 1. The second kappa shape index (κ2) is 6.02. The van der Waals surface area contributed by atoms with E-state index < -0.39 is 5.97 Å². The fourth-order valence-corrected chi connectivity index (χ4v) is 7.96. The first-order valence-corrected chi connectivity index (χ1v) is 10.3. The zero-order chi connectivity index (χ0) is 17.8. The first kappa shape index (κ1) is 18.3. The van der Waals surface area contributed by atoms with Crippen LogP contribution in [0.25, 0.3) is 0 Å². The highest BCUT2D eigenvalue weighted by Gasteiger charge is 2.61. The van der Waals surface area contributed by atoms with Gasteiger partial charge in [-0.05, 0) is 78.4 Å². The van der Waals surface area contributed by atoms with Crippen LogP contribution in [0.15, 0.2) is 0 Å². The molecular formula is C22H38O2. The van der Waals surface area contributed by atoms with Crippen molar-refractivity contribution in [3.8, 4) is 0 Å². The largest absolute Gasteiger partial charge is 0.481 e. The van der Waals surface area contributed by atoms with Crippen LogP contribution in [0.5, 0.6) is 0 Å². The molecule has 0 heterocycles. The Kier molecular flexibility index (Phi) is 4.58. The molecule has 0 bridgehead atoms. The van der Waals surface area contributed by atoms with Crippen molar-refractivity contribution in [3.05, 3.63) is 0 Å². The van der Waals surface area contributed by atoms with E-state index in [1.54, 1.807) is 0 Å². The van der Waals surface area contributed by atoms with Crippen molar-refractivity contribution in [1.82, 2.24) is 0 Å². The van der Waals surface area contributed by atoms with E-state index >= 15 is 0 Å². The molecular weight excluding hydrogens is 296 g/mol. The number of carboxylic acid groups (broad SMARTS) is 1. The third-order valence-electron chi connectivity index (χ3n) is 8.95. The van der Waals surface area contributed by atoms with Gasteiger partial charge in [-0.25, -0.2) is 0 Å². The SMILES string of the molecule is C[C@@H]1CC[C@H]2[C@@](C)(CC[C@H]3C(C)(C)CCC[C@]23C)[C@@H]1CCC(=O)O. The monoisotopic (exact) mass is 334 g/mol. The van der Waals surface area contributed by atoms with E-state index in [2.05, 4.69) is 34.6 Å². The topological polar surface area (TPSA) is 37.3 Å².